The average molecular weight is 459 g/mol. The number of nitrogens with two attached hydrogens (primary N) is 1. The predicted molar refractivity (Wildman–Crippen MR) is 132 cm³/mol. The summed E-state index contributed by atoms with van der Waals surface area (Å²) in [6.07, 6.45) is 0.639. The number of primary amides is 1. The number of hydrogen-bond donors (Lipinski definition) is 2. The van der Waals surface area contributed by atoms with Crippen LogP contribution in [0.4, 0.5) is 5.69 Å². The summed E-state index contributed by atoms with van der Waals surface area (Å²) in [6, 6.07) is 22.3. The van der Waals surface area contributed by atoms with Crippen molar-refractivity contribution < 1.29 is 19.1 Å². The lowest BCUT2D eigenvalue weighted by Gasteiger charge is -2.08. The molecule has 1 heterocycles. The minimum Gasteiger partial charge on any atom is -0.465 e. The van der Waals surface area contributed by atoms with Gasteiger partial charge in [0.25, 0.3) is 5.91 Å². The van der Waals surface area contributed by atoms with Gasteiger partial charge in [0, 0.05) is 17.1 Å². The Morgan fingerprint density at radius 2 is 1.65 bits per heavy atom. The van der Waals surface area contributed by atoms with Crippen LogP contribution in [0, 0.1) is 0 Å². The van der Waals surface area contributed by atoms with Crippen molar-refractivity contribution in [3.05, 3.63) is 84.1 Å². The number of methoxy groups -OCH3 is 1. The van der Waals surface area contributed by atoms with Gasteiger partial charge < -0.3 is 15.8 Å². The van der Waals surface area contributed by atoms with E-state index in [1.54, 1.807) is 28.9 Å². The quantitative estimate of drug-likeness (QED) is 0.328. The van der Waals surface area contributed by atoms with E-state index in [0.29, 0.717) is 12.0 Å². The number of amides is 2. The Morgan fingerprint density at radius 1 is 1.00 bits per heavy atom. The molecule has 0 spiro atoms. The number of rotatable bonds is 6. The number of carbonyl (C=O) groups is 3. The standard InChI is InChI=1S/C18H18N4O2.C8H8O2/c1-11(2)22-16-8-5-13(9-15(16)17(21-22)18(19)24)12-3-6-14(7-4-12)20-10-23;1-10-8(9)7-5-3-2-4-6-7/h3-11H,1-2H3,(H2,19,24)(H,20,23);2-6H,1H3. The van der Waals surface area contributed by atoms with Crippen molar-refractivity contribution in [1.82, 2.24) is 9.78 Å². The van der Waals surface area contributed by atoms with Crippen molar-refractivity contribution in [2.75, 3.05) is 12.4 Å². The van der Waals surface area contributed by atoms with Crippen LogP contribution in [0.2, 0.25) is 0 Å². The van der Waals surface area contributed by atoms with E-state index in [1.807, 2.05) is 62.4 Å². The molecule has 8 heteroatoms. The van der Waals surface area contributed by atoms with Crippen LogP contribution in [0.15, 0.2) is 72.8 Å². The summed E-state index contributed by atoms with van der Waals surface area (Å²) >= 11 is 0. The minimum absolute atomic E-state index is 0.125. The van der Waals surface area contributed by atoms with E-state index >= 15 is 0 Å². The number of nitrogens with zero attached hydrogens (tertiary/aromatic N) is 2. The van der Waals surface area contributed by atoms with Gasteiger partial charge in [-0.2, -0.15) is 5.10 Å². The summed E-state index contributed by atoms with van der Waals surface area (Å²) in [7, 11) is 1.37. The SMILES string of the molecule is CC(C)n1nc(C(N)=O)c2cc(-c3ccc(NC=O)cc3)ccc21.COC(=O)c1ccccc1. The monoisotopic (exact) mass is 458 g/mol. The Balaban J connectivity index is 0.000000271. The molecule has 0 aliphatic carbocycles. The fourth-order valence-corrected chi connectivity index (χ4v) is 3.42. The summed E-state index contributed by atoms with van der Waals surface area (Å²) in [5.74, 6) is -0.831. The zero-order valence-electron chi connectivity index (χ0n) is 19.2. The number of hydrogen-bond acceptors (Lipinski definition) is 5. The lowest BCUT2D eigenvalue weighted by Crippen LogP contribution is -2.13. The zero-order chi connectivity index (χ0) is 24.7. The molecule has 0 atom stereocenters. The summed E-state index contributed by atoms with van der Waals surface area (Å²) < 4.78 is 6.30. The Hall–Kier alpha value is -4.46. The number of benzene rings is 3. The third kappa shape index (κ3) is 5.47. The maximum absolute atomic E-state index is 11.7. The van der Waals surface area contributed by atoms with Gasteiger partial charge in [0.1, 0.15) is 0 Å². The van der Waals surface area contributed by atoms with Crippen molar-refractivity contribution in [3.63, 3.8) is 0 Å². The predicted octanol–water partition coefficient (Wildman–Crippen LogP) is 4.42. The molecule has 0 aliphatic heterocycles. The molecule has 0 unspecified atom stereocenters. The van der Waals surface area contributed by atoms with Crippen molar-refractivity contribution in [2.45, 2.75) is 19.9 Å². The van der Waals surface area contributed by atoms with E-state index in [4.69, 9.17) is 5.73 Å². The molecule has 4 rings (SSSR count). The number of nitrogens with one attached hydrogen (secondary N) is 1. The van der Waals surface area contributed by atoms with Crippen molar-refractivity contribution in [1.29, 1.82) is 0 Å². The first-order chi connectivity index (χ1) is 16.3. The second kappa shape index (κ2) is 10.9. The lowest BCUT2D eigenvalue weighted by molar-refractivity contribution is -0.105. The van der Waals surface area contributed by atoms with Gasteiger partial charge in [0.15, 0.2) is 5.69 Å². The summed E-state index contributed by atoms with van der Waals surface area (Å²) in [5, 5.41) is 7.70. The lowest BCUT2D eigenvalue weighted by atomic mass is 10.0. The van der Waals surface area contributed by atoms with E-state index in [2.05, 4.69) is 15.2 Å². The highest BCUT2D eigenvalue weighted by atomic mass is 16.5. The van der Waals surface area contributed by atoms with Gasteiger partial charge >= 0.3 is 5.97 Å². The average Bonchev–Trinajstić information content (AvgIpc) is 3.25. The first kappa shape index (κ1) is 24.2. The topological polar surface area (TPSA) is 116 Å². The summed E-state index contributed by atoms with van der Waals surface area (Å²) in [5.41, 5.74) is 9.87. The molecule has 0 saturated carbocycles. The maximum Gasteiger partial charge on any atom is 0.337 e. The number of aromatic nitrogens is 2. The van der Waals surface area contributed by atoms with Crippen molar-refractivity contribution in [3.8, 4) is 11.1 Å². The molecule has 0 fully saturated rings. The van der Waals surface area contributed by atoms with Gasteiger partial charge in [-0.3, -0.25) is 14.3 Å². The molecule has 0 saturated heterocycles. The Kier molecular flexibility index (Phi) is 7.76. The fourth-order valence-electron chi connectivity index (χ4n) is 3.42. The Labute approximate surface area is 197 Å². The number of esters is 1. The van der Waals surface area contributed by atoms with E-state index in [0.717, 1.165) is 27.7 Å². The second-order valence-electron chi connectivity index (χ2n) is 7.68. The largest absolute Gasteiger partial charge is 0.465 e. The van der Waals surface area contributed by atoms with Gasteiger partial charge in [-0.15, -0.1) is 0 Å². The Bertz CT molecular complexity index is 1300. The molecule has 3 N–H and O–H groups in total. The van der Waals surface area contributed by atoms with Gasteiger partial charge in [-0.25, -0.2) is 4.79 Å². The molecule has 0 radical (unpaired) electrons. The van der Waals surface area contributed by atoms with Gasteiger partial charge in [-0.1, -0.05) is 36.4 Å². The number of ether oxygens (including phenoxy) is 1. The van der Waals surface area contributed by atoms with Crippen LogP contribution in [0.1, 0.15) is 40.7 Å². The second-order valence-corrected chi connectivity index (χ2v) is 7.68. The Morgan fingerprint density at radius 3 is 2.21 bits per heavy atom. The van der Waals surface area contributed by atoms with Gasteiger partial charge in [-0.05, 0) is 61.4 Å². The first-order valence-electron chi connectivity index (χ1n) is 10.6. The highest BCUT2D eigenvalue weighted by molar-refractivity contribution is 6.05. The number of carbonyl (C=O) groups excluding carboxylic acids is 3. The first-order valence-corrected chi connectivity index (χ1v) is 10.6. The maximum atomic E-state index is 11.7. The van der Waals surface area contributed by atoms with Gasteiger partial charge in [0.2, 0.25) is 6.41 Å². The van der Waals surface area contributed by atoms with Crippen LogP contribution < -0.4 is 11.1 Å². The van der Waals surface area contributed by atoms with Crippen LogP contribution in [0.5, 0.6) is 0 Å². The van der Waals surface area contributed by atoms with Crippen LogP contribution in [-0.2, 0) is 9.53 Å². The zero-order valence-corrected chi connectivity index (χ0v) is 19.2. The molecule has 0 bridgehead atoms. The molecule has 0 aliphatic rings. The molecular formula is C26H26N4O4. The molecule has 4 aromatic rings. The molecule has 1 aromatic heterocycles. The third-order valence-corrected chi connectivity index (χ3v) is 5.07. The summed E-state index contributed by atoms with van der Waals surface area (Å²) in [6.45, 7) is 4.01. The smallest absolute Gasteiger partial charge is 0.337 e. The van der Waals surface area contributed by atoms with E-state index < -0.39 is 5.91 Å². The molecule has 3 aromatic carbocycles. The van der Waals surface area contributed by atoms with Crippen LogP contribution >= 0.6 is 0 Å². The van der Waals surface area contributed by atoms with Crippen LogP contribution in [0.3, 0.4) is 0 Å². The highest BCUT2D eigenvalue weighted by Gasteiger charge is 2.17. The van der Waals surface area contributed by atoms with E-state index in [9.17, 15) is 14.4 Å². The molecule has 34 heavy (non-hydrogen) atoms. The number of fused-ring (bicyclic) bond motifs is 1. The molecule has 2 amide bonds. The van der Waals surface area contributed by atoms with E-state index in [-0.39, 0.29) is 17.7 Å². The molecule has 174 valence electrons. The highest BCUT2D eigenvalue weighted by Crippen LogP contribution is 2.28. The van der Waals surface area contributed by atoms with Crippen molar-refractivity contribution in [2.24, 2.45) is 5.73 Å². The normalized spacial score (nSPS) is 10.4. The van der Waals surface area contributed by atoms with Crippen LogP contribution in [-0.4, -0.2) is 35.2 Å². The van der Waals surface area contributed by atoms with Crippen LogP contribution in [0.25, 0.3) is 22.0 Å². The molecule has 8 nitrogen and oxygen atoms in total. The fraction of sp³-hybridized carbons (Fsp3) is 0.154. The summed E-state index contributed by atoms with van der Waals surface area (Å²) in [4.78, 5) is 33.0. The van der Waals surface area contributed by atoms with Gasteiger partial charge in [0.05, 0.1) is 18.2 Å². The molecular weight excluding hydrogens is 432 g/mol. The minimum atomic E-state index is -0.540. The van der Waals surface area contributed by atoms with Crippen molar-refractivity contribution >= 4 is 34.9 Å². The third-order valence-electron chi connectivity index (χ3n) is 5.07. The van der Waals surface area contributed by atoms with E-state index in [1.165, 1.54) is 7.11 Å². The number of anilines is 1.